The summed E-state index contributed by atoms with van der Waals surface area (Å²) in [6.45, 7) is 2.21. The van der Waals surface area contributed by atoms with Crippen LogP contribution in [-0.4, -0.2) is 6.10 Å². The van der Waals surface area contributed by atoms with Crippen LogP contribution in [0.15, 0.2) is 18.2 Å². The monoisotopic (exact) mass is 251 g/mol. The van der Waals surface area contributed by atoms with Gasteiger partial charge in [0.2, 0.25) is 0 Å². The third-order valence-corrected chi connectivity index (χ3v) is 3.56. The number of nitrogens with two attached hydrogens (primary N) is 1. The number of rotatable bonds is 5. The van der Waals surface area contributed by atoms with Crippen LogP contribution in [0.3, 0.4) is 0 Å². The molecule has 0 amide bonds. The van der Waals surface area contributed by atoms with Gasteiger partial charge in [0, 0.05) is 18.0 Å². The van der Waals surface area contributed by atoms with Crippen molar-refractivity contribution in [1.82, 2.24) is 0 Å². The van der Waals surface area contributed by atoms with Crippen LogP contribution in [0.5, 0.6) is 5.75 Å². The zero-order valence-corrected chi connectivity index (χ0v) is 11.0. The molecule has 1 unspecified atom stereocenters. The fourth-order valence-electron chi connectivity index (χ4n) is 2.53. The van der Waals surface area contributed by atoms with Crippen LogP contribution >= 0.6 is 0 Å². The average molecular weight is 251 g/mol. The van der Waals surface area contributed by atoms with E-state index >= 15 is 0 Å². The number of ether oxygens (including phenoxy) is 1. The standard InChI is InChI=1S/C15H22FNO/c1-2-3-4-5-6-12-10-14(17)13-9-11(16)7-8-15(13)18-12/h7-9,12,14H,2-6,10,17H2,1H3/t12?,14-/m1/s1. The normalized spacial score (nSPS) is 22.4. The van der Waals surface area contributed by atoms with Gasteiger partial charge in [-0.1, -0.05) is 26.2 Å². The lowest BCUT2D eigenvalue weighted by Gasteiger charge is -2.30. The molecule has 0 fully saturated rings. The quantitative estimate of drug-likeness (QED) is 0.804. The lowest BCUT2D eigenvalue weighted by Crippen LogP contribution is -2.29. The summed E-state index contributed by atoms with van der Waals surface area (Å²) in [6.07, 6.45) is 6.99. The van der Waals surface area contributed by atoms with Gasteiger partial charge in [-0.2, -0.15) is 0 Å². The molecule has 1 aromatic carbocycles. The molecule has 0 spiro atoms. The van der Waals surface area contributed by atoms with Crippen LogP contribution in [0, 0.1) is 5.82 Å². The second kappa shape index (κ2) is 6.19. The lowest BCUT2D eigenvalue weighted by atomic mass is 9.94. The van der Waals surface area contributed by atoms with Crippen LogP contribution in [0.25, 0.3) is 0 Å². The van der Waals surface area contributed by atoms with Gasteiger partial charge in [0.25, 0.3) is 0 Å². The maximum absolute atomic E-state index is 13.1. The second-order valence-electron chi connectivity index (χ2n) is 5.11. The van der Waals surface area contributed by atoms with Crippen molar-refractivity contribution >= 4 is 0 Å². The summed E-state index contributed by atoms with van der Waals surface area (Å²) in [5.74, 6) is 0.518. The van der Waals surface area contributed by atoms with Gasteiger partial charge in [0.05, 0.1) is 0 Å². The van der Waals surface area contributed by atoms with Gasteiger partial charge in [-0.25, -0.2) is 4.39 Å². The van der Waals surface area contributed by atoms with Crippen molar-refractivity contribution in [3.63, 3.8) is 0 Å². The van der Waals surface area contributed by atoms with Crippen LogP contribution in [0.1, 0.15) is 57.1 Å². The predicted molar refractivity (Wildman–Crippen MR) is 71.1 cm³/mol. The Morgan fingerprint density at radius 2 is 2.17 bits per heavy atom. The fraction of sp³-hybridized carbons (Fsp3) is 0.600. The zero-order valence-electron chi connectivity index (χ0n) is 11.0. The Balaban J connectivity index is 1.93. The van der Waals surface area contributed by atoms with Gasteiger partial charge in [-0.15, -0.1) is 0 Å². The smallest absolute Gasteiger partial charge is 0.124 e. The Labute approximate surface area is 108 Å². The van der Waals surface area contributed by atoms with E-state index in [0.29, 0.717) is 0 Å². The lowest BCUT2D eigenvalue weighted by molar-refractivity contribution is 0.146. The molecule has 2 nitrogen and oxygen atoms in total. The number of benzene rings is 1. The molecule has 1 aliphatic rings. The van der Waals surface area contributed by atoms with E-state index in [2.05, 4.69) is 6.92 Å². The molecule has 0 saturated carbocycles. The van der Waals surface area contributed by atoms with E-state index in [1.807, 2.05) is 0 Å². The summed E-state index contributed by atoms with van der Waals surface area (Å²) in [6, 6.07) is 4.53. The maximum Gasteiger partial charge on any atom is 0.124 e. The average Bonchev–Trinajstić information content (AvgIpc) is 2.36. The Morgan fingerprint density at radius 3 is 2.94 bits per heavy atom. The van der Waals surface area contributed by atoms with E-state index in [-0.39, 0.29) is 18.0 Å². The van der Waals surface area contributed by atoms with Crippen LogP contribution < -0.4 is 10.5 Å². The summed E-state index contributed by atoms with van der Waals surface area (Å²) in [7, 11) is 0. The minimum atomic E-state index is -0.241. The molecule has 0 bridgehead atoms. The molecule has 0 saturated heterocycles. The molecule has 0 radical (unpaired) electrons. The molecule has 0 aliphatic carbocycles. The Kier molecular flexibility index (Phi) is 4.59. The predicted octanol–water partition coefficient (Wildman–Crippen LogP) is 3.95. The van der Waals surface area contributed by atoms with Crippen molar-refractivity contribution < 1.29 is 9.13 Å². The highest BCUT2D eigenvalue weighted by Crippen LogP contribution is 2.35. The summed E-state index contributed by atoms with van der Waals surface area (Å²) < 4.78 is 19.0. The molecule has 3 heteroatoms. The Hall–Kier alpha value is -1.09. The first-order chi connectivity index (χ1) is 8.70. The van der Waals surface area contributed by atoms with Crippen molar-refractivity contribution in [1.29, 1.82) is 0 Å². The van der Waals surface area contributed by atoms with Gasteiger partial charge < -0.3 is 10.5 Å². The summed E-state index contributed by atoms with van der Waals surface area (Å²) in [4.78, 5) is 0. The third-order valence-electron chi connectivity index (χ3n) is 3.56. The second-order valence-corrected chi connectivity index (χ2v) is 5.11. The fourth-order valence-corrected chi connectivity index (χ4v) is 2.53. The maximum atomic E-state index is 13.1. The largest absolute Gasteiger partial charge is 0.490 e. The first kappa shape index (κ1) is 13.3. The molecule has 2 N–H and O–H groups in total. The summed E-state index contributed by atoms with van der Waals surface area (Å²) in [5.41, 5.74) is 6.89. The molecule has 100 valence electrons. The summed E-state index contributed by atoms with van der Waals surface area (Å²) >= 11 is 0. The highest BCUT2D eigenvalue weighted by molar-refractivity contribution is 5.38. The molecule has 2 rings (SSSR count). The third kappa shape index (κ3) is 3.22. The van der Waals surface area contributed by atoms with Crippen molar-refractivity contribution in [2.24, 2.45) is 5.73 Å². The number of hydrogen-bond donors (Lipinski definition) is 1. The molecular formula is C15H22FNO. The molecule has 2 atom stereocenters. The number of fused-ring (bicyclic) bond motifs is 1. The van der Waals surface area contributed by atoms with E-state index < -0.39 is 0 Å². The molecule has 18 heavy (non-hydrogen) atoms. The van der Waals surface area contributed by atoms with Crippen LogP contribution in [0.4, 0.5) is 4.39 Å². The van der Waals surface area contributed by atoms with Crippen molar-refractivity contribution in [2.75, 3.05) is 0 Å². The molecule has 1 heterocycles. The van der Waals surface area contributed by atoms with Crippen LogP contribution in [-0.2, 0) is 0 Å². The van der Waals surface area contributed by atoms with E-state index in [0.717, 1.165) is 24.2 Å². The first-order valence-corrected chi connectivity index (χ1v) is 6.92. The van der Waals surface area contributed by atoms with E-state index in [4.69, 9.17) is 10.5 Å². The molecule has 1 aromatic rings. The number of hydrogen-bond acceptors (Lipinski definition) is 2. The van der Waals surface area contributed by atoms with Crippen molar-refractivity contribution in [2.45, 2.75) is 57.6 Å². The first-order valence-electron chi connectivity index (χ1n) is 6.92. The van der Waals surface area contributed by atoms with E-state index in [1.165, 1.54) is 37.8 Å². The number of unbranched alkanes of at least 4 members (excludes halogenated alkanes) is 3. The van der Waals surface area contributed by atoms with Gasteiger partial charge >= 0.3 is 0 Å². The van der Waals surface area contributed by atoms with Crippen LogP contribution in [0.2, 0.25) is 0 Å². The molecular weight excluding hydrogens is 229 g/mol. The molecule has 1 aliphatic heterocycles. The van der Waals surface area contributed by atoms with Gasteiger partial charge in [-0.3, -0.25) is 0 Å². The Morgan fingerprint density at radius 1 is 1.33 bits per heavy atom. The van der Waals surface area contributed by atoms with E-state index in [1.54, 1.807) is 6.07 Å². The highest BCUT2D eigenvalue weighted by atomic mass is 19.1. The summed E-state index contributed by atoms with van der Waals surface area (Å²) in [5, 5.41) is 0. The van der Waals surface area contributed by atoms with Gasteiger partial charge in [0.1, 0.15) is 17.7 Å². The Bertz CT molecular complexity index is 394. The molecule has 0 aromatic heterocycles. The van der Waals surface area contributed by atoms with Gasteiger partial charge in [-0.05, 0) is 31.0 Å². The highest BCUT2D eigenvalue weighted by Gasteiger charge is 2.25. The van der Waals surface area contributed by atoms with Gasteiger partial charge in [0.15, 0.2) is 0 Å². The zero-order chi connectivity index (χ0) is 13.0. The van der Waals surface area contributed by atoms with Crippen molar-refractivity contribution in [3.8, 4) is 5.75 Å². The van der Waals surface area contributed by atoms with E-state index in [9.17, 15) is 4.39 Å². The minimum absolute atomic E-state index is 0.0966. The topological polar surface area (TPSA) is 35.2 Å². The van der Waals surface area contributed by atoms with Crippen molar-refractivity contribution in [3.05, 3.63) is 29.6 Å². The SMILES string of the molecule is CCCCCCC1C[C@@H](N)c2cc(F)ccc2O1. The minimum Gasteiger partial charge on any atom is -0.490 e. The number of halogens is 1.